The van der Waals surface area contributed by atoms with E-state index in [-0.39, 0.29) is 0 Å². The number of hydrogen-bond donors (Lipinski definition) is 1. The molecule has 2 heteroatoms. The summed E-state index contributed by atoms with van der Waals surface area (Å²) in [6, 6.07) is 1.58. The van der Waals surface area contributed by atoms with Gasteiger partial charge in [-0.05, 0) is 38.6 Å². The second-order valence-electron chi connectivity index (χ2n) is 5.34. The third-order valence-corrected chi connectivity index (χ3v) is 3.19. The molecule has 15 heavy (non-hydrogen) atoms. The van der Waals surface area contributed by atoms with Crippen LogP contribution in [-0.4, -0.2) is 36.6 Å². The molecular formula is C13H28N2. The predicted molar refractivity (Wildman–Crippen MR) is 67.2 cm³/mol. The summed E-state index contributed by atoms with van der Waals surface area (Å²) in [7, 11) is 0. The third-order valence-electron chi connectivity index (χ3n) is 3.19. The molecule has 0 saturated heterocycles. The van der Waals surface area contributed by atoms with E-state index in [4.69, 9.17) is 0 Å². The first-order valence-corrected chi connectivity index (χ1v) is 6.61. The first-order valence-electron chi connectivity index (χ1n) is 6.61. The highest BCUT2D eigenvalue weighted by Crippen LogP contribution is 2.25. The van der Waals surface area contributed by atoms with E-state index in [0.717, 1.165) is 18.5 Å². The molecule has 0 heterocycles. The van der Waals surface area contributed by atoms with Gasteiger partial charge in [0.1, 0.15) is 0 Å². The molecule has 1 aliphatic carbocycles. The molecule has 0 radical (unpaired) electrons. The molecule has 2 nitrogen and oxygen atoms in total. The van der Waals surface area contributed by atoms with Gasteiger partial charge in [0.15, 0.2) is 0 Å². The van der Waals surface area contributed by atoms with Gasteiger partial charge in [-0.1, -0.05) is 20.8 Å². The van der Waals surface area contributed by atoms with Crippen LogP contribution < -0.4 is 5.32 Å². The van der Waals surface area contributed by atoms with Gasteiger partial charge in [0.25, 0.3) is 0 Å². The highest BCUT2D eigenvalue weighted by Gasteiger charge is 2.27. The van der Waals surface area contributed by atoms with Gasteiger partial charge in [-0.25, -0.2) is 0 Å². The van der Waals surface area contributed by atoms with Gasteiger partial charge < -0.3 is 5.32 Å². The molecule has 1 fully saturated rings. The van der Waals surface area contributed by atoms with E-state index in [1.807, 2.05) is 0 Å². The second-order valence-corrected chi connectivity index (χ2v) is 5.34. The van der Waals surface area contributed by atoms with Crippen LogP contribution >= 0.6 is 0 Å². The minimum Gasteiger partial charge on any atom is -0.313 e. The fourth-order valence-corrected chi connectivity index (χ4v) is 2.28. The Balaban J connectivity index is 2.03. The lowest BCUT2D eigenvalue weighted by molar-refractivity contribution is 0.270. The molecule has 0 aromatic carbocycles. The molecule has 1 unspecified atom stereocenters. The Morgan fingerprint density at radius 1 is 1.27 bits per heavy atom. The van der Waals surface area contributed by atoms with E-state index in [0.29, 0.717) is 6.04 Å². The number of rotatable bonds is 8. The maximum Gasteiger partial charge on any atom is 0.0110 e. The van der Waals surface area contributed by atoms with Crippen molar-refractivity contribution in [2.45, 2.75) is 59.0 Å². The van der Waals surface area contributed by atoms with Crippen LogP contribution in [0.25, 0.3) is 0 Å². The van der Waals surface area contributed by atoms with Crippen LogP contribution in [0.15, 0.2) is 0 Å². The molecule has 0 aromatic heterocycles. The lowest BCUT2D eigenvalue weighted by Gasteiger charge is -2.22. The zero-order chi connectivity index (χ0) is 11.3. The summed E-state index contributed by atoms with van der Waals surface area (Å²) in [6.07, 6.45) is 4.14. The molecule has 0 bridgehead atoms. The Hall–Kier alpha value is -0.0800. The van der Waals surface area contributed by atoms with Gasteiger partial charge in [-0.3, -0.25) is 4.90 Å². The van der Waals surface area contributed by atoms with Crippen LogP contribution in [0.3, 0.4) is 0 Å². The second kappa shape index (κ2) is 6.49. The first kappa shape index (κ1) is 13.0. The van der Waals surface area contributed by atoms with Crippen molar-refractivity contribution < 1.29 is 0 Å². The van der Waals surface area contributed by atoms with E-state index >= 15 is 0 Å². The quantitative estimate of drug-likeness (QED) is 0.665. The van der Waals surface area contributed by atoms with Crippen molar-refractivity contribution >= 4 is 0 Å². The Kier molecular flexibility index (Phi) is 5.62. The summed E-state index contributed by atoms with van der Waals surface area (Å²) in [4.78, 5) is 2.61. The van der Waals surface area contributed by atoms with E-state index in [9.17, 15) is 0 Å². The fourth-order valence-electron chi connectivity index (χ4n) is 2.28. The van der Waals surface area contributed by atoms with E-state index in [2.05, 4.69) is 37.9 Å². The smallest absolute Gasteiger partial charge is 0.0110 e. The summed E-state index contributed by atoms with van der Waals surface area (Å²) < 4.78 is 0. The van der Waals surface area contributed by atoms with Crippen LogP contribution in [0.1, 0.15) is 47.0 Å². The van der Waals surface area contributed by atoms with Gasteiger partial charge in [0, 0.05) is 25.2 Å². The monoisotopic (exact) mass is 212 g/mol. The Labute approximate surface area is 95.4 Å². The normalized spacial score (nSPS) is 18.8. The Morgan fingerprint density at radius 2 is 1.93 bits per heavy atom. The minimum atomic E-state index is 0.669. The highest BCUT2D eigenvalue weighted by atomic mass is 15.2. The molecule has 1 rings (SSSR count). The third kappa shape index (κ3) is 5.53. The van der Waals surface area contributed by atoms with Crippen molar-refractivity contribution in [3.8, 4) is 0 Å². The predicted octanol–water partition coefficient (Wildman–Crippen LogP) is 2.49. The zero-order valence-electron chi connectivity index (χ0n) is 10.9. The Morgan fingerprint density at radius 3 is 2.40 bits per heavy atom. The summed E-state index contributed by atoms with van der Waals surface area (Å²) in [5.41, 5.74) is 0. The molecule has 0 aliphatic heterocycles. The molecule has 0 spiro atoms. The molecule has 1 aliphatic rings. The molecule has 1 atom stereocenters. The maximum atomic E-state index is 3.62. The summed E-state index contributed by atoms with van der Waals surface area (Å²) in [5.74, 6) is 0.804. The van der Waals surface area contributed by atoms with Crippen molar-refractivity contribution in [3.05, 3.63) is 0 Å². The van der Waals surface area contributed by atoms with Gasteiger partial charge >= 0.3 is 0 Å². The number of nitrogens with zero attached hydrogens (tertiary/aromatic N) is 1. The maximum absolute atomic E-state index is 3.62. The lowest BCUT2D eigenvalue weighted by atomic mass is 10.1. The summed E-state index contributed by atoms with van der Waals surface area (Å²) in [5, 5.41) is 3.62. The minimum absolute atomic E-state index is 0.669. The number of hydrogen-bond acceptors (Lipinski definition) is 2. The van der Waals surface area contributed by atoms with Crippen LogP contribution in [0.2, 0.25) is 0 Å². The topological polar surface area (TPSA) is 15.3 Å². The Bertz CT molecular complexity index is 164. The fraction of sp³-hybridized carbons (Fsp3) is 1.00. The number of nitrogens with one attached hydrogen (secondary N) is 1. The molecule has 1 saturated carbocycles. The van der Waals surface area contributed by atoms with Gasteiger partial charge in [-0.2, -0.15) is 0 Å². The largest absolute Gasteiger partial charge is 0.313 e. The van der Waals surface area contributed by atoms with E-state index in [1.165, 1.54) is 32.4 Å². The molecule has 0 aromatic rings. The van der Waals surface area contributed by atoms with Crippen LogP contribution in [-0.2, 0) is 0 Å². The van der Waals surface area contributed by atoms with Crippen molar-refractivity contribution in [2.24, 2.45) is 5.92 Å². The molecule has 90 valence electrons. The van der Waals surface area contributed by atoms with Crippen LogP contribution in [0.5, 0.6) is 0 Å². The van der Waals surface area contributed by atoms with Crippen LogP contribution in [0.4, 0.5) is 0 Å². The van der Waals surface area contributed by atoms with Gasteiger partial charge in [0.2, 0.25) is 0 Å². The van der Waals surface area contributed by atoms with Crippen LogP contribution in [0, 0.1) is 5.92 Å². The standard InChI is InChI=1S/C13H28N2/c1-5-15(13-6-7-13)9-8-14-12(4)10-11(2)3/h11-14H,5-10H2,1-4H3. The molecule has 0 amide bonds. The summed E-state index contributed by atoms with van der Waals surface area (Å²) in [6.45, 7) is 12.7. The first-order chi connectivity index (χ1) is 7.13. The van der Waals surface area contributed by atoms with Crippen molar-refractivity contribution in [1.29, 1.82) is 0 Å². The average Bonchev–Trinajstić information content (AvgIpc) is 2.94. The zero-order valence-corrected chi connectivity index (χ0v) is 10.9. The van der Waals surface area contributed by atoms with Gasteiger partial charge in [-0.15, -0.1) is 0 Å². The van der Waals surface area contributed by atoms with Crippen molar-refractivity contribution in [3.63, 3.8) is 0 Å². The van der Waals surface area contributed by atoms with E-state index in [1.54, 1.807) is 0 Å². The lowest BCUT2D eigenvalue weighted by Crippen LogP contribution is -2.37. The number of likely N-dealkylation sites (N-methyl/N-ethyl adjacent to an activating group) is 1. The van der Waals surface area contributed by atoms with Crippen molar-refractivity contribution in [1.82, 2.24) is 10.2 Å². The SMILES string of the molecule is CCN(CCNC(C)CC(C)C)C1CC1. The van der Waals surface area contributed by atoms with Crippen molar-refractivity contribution in [2.75, 3.05) is 19.6 Å². The molecule has 1 N–H and O–H groups in total. The van der Waals surface area contributed by atoms with E-state index < -0.39 is 0 Å². The van der Waals surface area contributed by atoms with Gasteiger partial charge in [0.05, 0.1) is 0 Å². The highest BCUT2D eigenvalue weighted by molar-refractivity contribution is 4.84. The average molecular weight is 212 g/mol. The summed E-state index contributed by atoms with van der Waals surface area (Å²) >= 11 is 0. The molecular weight excluding hydrogens is 184 g/mol.